The molecular weight excluding hydrogens is 232 g/mol. The first-order valence-electron chi connectivity index (χ1n) is 5.38. The number of hydrogen-bond donors (Lipinski definition) is 1. The van der Waals surface area contributed by atoms with Gasteiger partial charge in [0.25, 0.3) is 0 Å². The van der Waals surface area contributed by atoms with Crippen LogP contribution in [0.3, 0.4) is 0 Å². The fourth-order valence-corrected chi connectivity index (χ4v) is 2.28. The molecule has 2 aromatic rings. The lowest BCUT2D eigenvalue weighted by Gasteiger charge is -2.02. The van der Waals surface area contributed by atoms with Gasteiger partial charge in [0.1, 0.15) is 5.82 Å². The van der Waals surface area contributed by atoms with E-state index in [9.17, 15) is 0 Å². The first-order chi connectivity index (χ1) is 8.28. The standard InChI is InChI=1S/C13H14N2OS/c1-10-3-2-4-12(5-10)17-9-13-14-6-11(8-16)7-15-13/h2-7,16H,8-9H2,1H3. The van der Waals surface area contributed by atoms with Crippen LogP contribution in [0.4, 0.5) is 0 Å². The highest BCUT2D eigenvalue weighted by atomic mass is 32.2. The molecule has 88 valence electrons. The van der Waals surface area contributed by atoms with Gasteiger partial charge in [-0.1, -0.05) is 17.7 Å². The van der Waals surface area contributed by atoms with Crippen LogP contribution in [0.15, 0.2) is 41.6 Å². The Hall–Kier alpha value is -1.39. The lowest BCUT2D eigenvalue weighted by molar-refractivity contribution is 0.281. The van der Waals surface area contributed by atoms with Crippen LogP contribution < -0.4 is 0 Å². The third-order valence-corrected chi connectivity index (χ3v) is 3.29. The highest BCUT2D eigenvalue weighted by molar-refractivity contribution is 7.98. The van der Waals surface area contributed by atoms with Crippen molar-refractivity contribution in [2.75, 3.05) is 0 Å². The molecule has 1 aromatic heterocycles. The van der Waals surface area contributed by atoms with Gasteiger partial charge in [0.15, 0.2) is 0 Å². The summed E-state index contributed by atoms with van der Waals surface area (Å²) in [5.41, 5.74) is 2.00. The van der Waals surface area contributed by atoms with Gasteiger partial charge in [0, 0.05) is 22.9 Å². The van der Waals surface area contributed by atoms with Gasteiger partial charge in [-0.15, -0.1) is 11.8 Å². The van der Waals surface area contributed by atoms with Gasteiger partial charge in [-0.05, 0) is 19.1 Å². The summed E-state index contributed by atoms with van der Waals surface area (Å²) < 4.78 is 0. The Morgan fingerprint density at radius 1 is 1.24 bits per heavy atom. The summed E-state index contributed by atoms with van der Waals surface area (Å²) in [6.07, 6.45) is 3.33. The number of aliphatic hydroxyl groups excluding tert-OH is 1. The molecule has 0 saturated carbocycles. The number of thioether (sulfide) groups is 1. The van der Waals surface area contributed by atoms with E-state index < -0.39 is 0 Å². The van der Waals surface area contributed by atoms with Crippen molar-refractivity contribution in [3.8, 4) is 0 Å². The average Bonchev–Trinajstić information content (AvgIpc) is 2.37. The van der Waals surface area contributed by atoms with E-state index >= 15 is 0 Å². The summed E-state index contributed by atoms with van der Waals surface area (Å²) >= 11 is 1.71. The molecule has 1 N–H and O–H groups in total. The monoisotopic (exact) mass is 246 g/mol. The molecule has 0 spiro atoms. The molecule has 0 fully saturated rings. The number of nitrogens with zero attached hydrogens (tertiary/aromatic N) is 2. The second-order valence-corrected chi connectivity index (χ2v) is 4.82. The fraction of sp³-hybridized carbons (Fsp3) is 0.231. The summed E-state index contributed by atoms with van der Waals surface area (Å²) in [7, 11) is 0. The van der Waals surface area contributed by atoms with Crippen molar-refractivity contribution in [2.24, 2.45) is 0 Å². The van der Waals surface area contributed by atoms with E-state index in [1.165, 1.54) is 10.5 Å². The van der Waals surface area contributed by atoms with Crippen LogP contribution in [0.25, 0.3) is 0 Å². The first kappa shape index (κ1) is 12.1. The van der Waals surface area contributed by atoms with E-state index in [0.717, 1.165) is 17.1 Å². The van der Waals surface area contributed by atoms with Crippen molar-refractivity contribution in [1.82, 2.24) is 9.97 Å². The molecule has 1 heterocycles. The molecule has 0 radical (unpaired) electrons. The molecule has 0 bridgehead atoms. The molecular formula is C13H14N2OS. The van der Waals surface area contributed by atoms with Crippen LogP contribution in [-0.4, -0.2) is 15.1 Å². The minimum atomic E-state index is -0.00863. The van der Waals surface area contributed by atoms with Crippen molar-refractivity contribution < 1.29 is 5.11 Å². The van der Waals surface area contributed by atoms with Gasteiger partial charge in [0.05, 0.1) is 12.4 Å². The van der Waals surface area contributed by atoms with Gasteiger partial charge >= 0.3 is 0 Å². The molecule has 0 amide bonds. The highest BCUT2D eigenvalue weighted by Crippen LogP contribution is 2.21. The molecule has 2 rings (SSSR count). The van der Waals surface area contributed by atoms with Crippen LogP contribution in [0.5, 0.6) is 0 Å². The Morgan fingerprint density at radius 2 is 2.00 bits per heavy atom. The third kappa shape index (κ3) is 3.54. The largest absolute Gasteiger partial charge is 0.392 e. The van der Waals surface area contributed by atoms with Crippen LogP contribution in [0.1, 0.15) is 17.0 Å². The number of benzene rings is 1. The minimum absolute atomic E-state index is 0.00863. The predicted molar refractivity (Wildman–Crippen MR) is 68.7 cm³/mol. The van der Waals surface area contributed by atoms with Crippen molar-refractivity contribution in [3.05, 3.63) is 53.6 Å². The van der Waals surface area contributed by atoms with Crippen LogP contribution in [0.2, 0.25) is 0 Å². The van der Waals surface area contributed by atoms with E-state index in [1.807, 2.05) is 6.07 Å². The third-order valence-electron chi connectivity index (χ3n) is 2.30. The van der Waals surface area contributed by atoms with Crippen molar-refractivity contribution >= 4 is 11.8 Å². The Bertz CT molecular complexity index is 485. The molecule has 0 aliphatic rings. The maximum absolute atomic E-state index is 8.88. The Morgan fingerprint density at radius 3 is 2.65 bits per heavy atom. The quantitative estimate of drug-likeness (QED) is 0.842. The normalized spacial score (nSPS) is 10.5. The number of rotatable bonds is 4. The molecule has 17 heavy (non-hydrogen) atoms. The van der Waals surface area contributed by atoms with Crippen LogP contribution >= 0.6 is 11.8 Å². The highest BCUT2D eigenvalue weighted by Gasteiger charge is 1.99. The topological polar surface area (TPSA) is 46.0 Å². The predicted octanol–water partition coefficient (Wildman–Crippen LogP) is 2.57. The summed E-state index contributed by atoms with van der Waals surface area (Å²) in [5.74, 6) is 1.53. The molecule has 0 aliphatic heterocycles. The van der Waals surface area contributed by atoms with E-state index in [2.05, 4.69) is 35.1 Å². The molecule has 0 aliphatic carbocycles. The Kier molecular flexibility index (Phi) is 4.12. The number of aryl methyl sites for hydroxylation is 1. The SMILES string of the molecule is Cc1cccc(SCc2ncc(CO)cn2)c1. The molecule has 0 saturated heterocycles. The maximum atomic E-state index is 8.88. The summed E-state index contributed by atoms with van der Waals surface area (Å²) in [4.78, 5) is 9.61. The smallest absolute Gasteiger partial charge is 0.138 e. The van der Waals surface area contributed by atoms with E-state index in [1.54, 1.807) is 24.2 Å². The van der Waals surface area contributed by atoms with Crippen molar-refractivity contribution in [1.29, 1.82) is 0 Å². The zero-order valence-electron chi connectivity index (χ0n) is 9.63. The fourth-order valence-electron chi connectivity index (χ4n) is 1.39. The zero-order chi connectivity index (χ0) is 12.1. The molecule has 1 aromatic carbocycles. The van der Waals surface area contributed by atoms with Crippen molar-refractivity contribution in [3.63, 3.8) is 0 Å². The molecule has 0 atom stereocenters. The van der Waals surface area contributed by atoms with Gasteiger partial charge < -0.3 is 5.11 Å². The Labute approximate surface area is 105 Å². The summed E-state index contributed by atoms with van der Waals surface area (Å²) in [6, 6.07) is 8.36. The van der Waals surface area contributed by atoms with E-state index in [-0.39, 0.29) is 6.61 Å². The van der Waals surface area contributed by atoms with Crippen molar-refractivity contribution in [2.45, 2.75) is 24.2 Å². The second-order valence-electron chi connectivity index (χ2n) is 3.77. The second kappa shape index (κ2) is 5.80. The number of aromatic nitrogens is 2. The maximum Gasteiger partial charge on any atom is 0.138 e. The molecule has 4 heteroatoms. The van der Waals surface area contributed by atoms with E-state index in [0.29, 0.717) is 0 Å². The number of hydrogen-bond acceptors (Lipinski definition) is 4. The minimum Gasteiger partial charge on any atom is -0.392 e. The lowest BCUT2D eigenvalue weighted by Crippen LogP contribution is -1.94. The summed E-state index contributed by atoms with van der Waals surface area (Å²) in [6.45, 7) is 2.07. The van der Waals surface area contributed by atoms with Crippen LogP contribution in [0, 0.1) is 6.92 Å². The van der Waals surface area contributed by atoms with Gasteiger partial charge in [-0.25, -0.2) is 9.97 Å². The zero-order valence-corrected chi connectivity index (χ0v) is 10.4. The van der Waals surface area contributed by atoms with Gasteiger partial charge in [-0.3, -0.25) is 0 Å². The summed E-state index contributed by atoms with van der Waals surface area (Å²) in [5, 5.41) is 8.88. The Balaban J connectivity index is 1.97. The van der Waals surface area contributed by atoms with Gasteiger partial charge in [-0.2, -0.15) is 0 Å². The van der Waals surface area contributed by atoms with Crippen LogP contribution in [-0.2, 0) is 12.4 Å². The average molecular weight is 246 g/mol. The van der Waals surface area contributed by atoms with Gasteiger partial charge in [0.2, 0.25) is 0 Å². The number of aliphatic hydroxyl groups is 1. The molecule has 3 nitrogen and oxygen atoms in total. The molecule has 0 unspecified atom stereocenters. The lowest BCUT2D eigenvalue weighted by atomic mass is 10.2. The van der Waals surface area contributed by atoms with E-state index in [4.69, 9.17) is 5.11 Å². The first-order valence-corrected chi connectivity index (χ1v) is 6.36.